The molecule has 0 fully saturated rings. The van der Waals surface area contributed by atoms with Gasteiger partial charge in [0.15, 0.2) is 0 Å². The Morgan fingerprint density at radius 1 is 1.11 bits per heavy atom. The molecule has 0 spiro atoms. The second-order valence-electron chi connectivity index (χ2n) is 5.96. The maximum atomic E-state index is 12.2. The van der Waals surface area contributed by atoms with E-state index in [1.807, 2.05) is 30.3 Å². The maximum absolute atomic E-state index is 12.2. The molecule has 0 radical (unpaired) electrons. The normalized spacial score (nSPS) is 10.8. The molecule has 0 aliphatic rings. The lowest BCUT2D eigenvalue weighted by atomic mass is 10.2. The van der Waals surface area contributed by atoms with Crippen LogP contribution in [0.15, 0.2) is 59.4 Å². The average Bonchev–Trinajstić information content (AvgIpc) is 3.08. The summed E-state index contributed by atoms with van der Waals surface area (Å²) < 4.78 is 7.39. The monoisotopic (exact) mass is 399 g/mol. The fourth-order valence-electron chi connectivity index (χ4n) is 2.47. The molecule has 0 saturated carbocycles. The standard InChI is InChI=1S/C19H21N5O3S/c1-27-12-11-23-19(26)24(22-21-23)17-9-7-16(8-10-17)20-18(25)14-28-13-15-5-3-2-4-6-15/h2-10H,11-14H2,1H3,(H,20,25). The number of aromatic nitrogens is 4. The van der Waals surface area contributed by atoms with E-state index in [4.69, 9.17) is 4.74 Å². The minimum atomic E-state index is -0.342. The first-order valence-electron chi connectivity index (χ1n) is 8.71. The van der Waals surface area contributed by atoms with E-state index in [2.05, 4.69) is 15.7 Å². The molecule has 3 rings (SSSR count). The molecule has 0 unspecified atom stereocenters. The van der Waals surface area contributed by atoms with Crippen LogP contribution in [-0.4, -0.2) is 45.2 Å². The van der Waals surface area contributed by atoms with Gasteiger partial charge in [0.1, 0.15) is 0 Å². The number of methoxy groups -OCH3 is 1. The zero-order valence-corrected chi connectivity index (χ0v) is 16.3. The minimum absolute atomic E-state index is 0.0728. The number of anilines is 1. The molecular weight excluding hydrogens is 378 g/mol. The van der Waals surface area contributed by atoms with Crippen LogP contribution in [0.25, 0.3) is 5.69 Å². The highest BCUT2D eigenvalue weighted by Gasteiger charge is 2.09. The van der Waals surface area contributed by atoms with Crippen LogP contribution in [0.2, 0.25) is 0 Å². The highest BCUT2D eigenvalue weighted by molar-refractivity contribution is 7.99. The summed E-state index contributed by atoms with van der Waals surface area (Å²) in [5.74, 6) is 1.08. The van der Waals surface area contributed by atoms with Crippen molar-refractivity contribution < 1.29 is 9.53 Å². The van der Waals surface area contributed by atoms with Crippen LogP contribution in [0.1, 0.15) is 5.56 Å². The lowest BCUT2D eigenvalue weighted by molar-refractivity contribution is -0.113. The van der Waals surface area contributed by atoms with Crippen LogP contribution in [0, 0.1) is 0 Å². The zero-order chi connectivity index (χ0) is 19.8. The molecule has 0 aliphatic carbocycles. The summed E-state index contributed by atoms with van der Waals surface area (Å²) in [6.45, 7) is 0.718. The van der Waals surface area contributed by atoms with E-state index in [0.717, 1.165) is 5.75 Å². The molecule has 3 aromatic rings. The Kier molecular flexibility index (Phi) is 6.99. The third kappa shape index (κ3) is 5.30. The third-order valence-electron chi connectivity index (χ3n) is 3.89. The number of tetrazole rings is 1. The quantitative estimate of drug-likeness (QED) is 0.591. The van der Waals surface area contributed by atoms with E-state index in [1.165, 1.54) is 14.9 Å². The molecule has 0 atom stereocenters. The van der Waals surface area contributed by atoms with Crippen molar-refractivity contribution in [2.45, 2.75) is 12.3 Å². The minimum Gasteiger partial charge on any atom is -0.383 e. The number of amides is 1. The van der Waals surface area contributed by atoms with Crippen molar-refractivity contribution in [3.8, 4) is 5.69 Å². The Morgan fingerprint density at radius 3 is 2.57 bits per heavy atom. The first-order valence-corrected chi connectivity index (χ1v) is 9.86. The predicted molar refractivity (Wildman–Crippen MR) is 109 cm³/mol. The number of benzene rings is 2. The molecule has 1 aromatic heterocycles. The second-order valence-corrected chi connectivity index (χ2v) is 6.95. The largest absolute Gasteiger partial charge is 0.383 e. The summed E-state index contributed by atoms with van der Waals surface area (Å²) in [5, 5.41) is 10.5. The molecule has 28 heavy (non-hydrogen) atoms. The van der Waals surface area contributed by atoms with Gasteiger partial charge in [-0.15, -0.1) is 11.8 Å². The van der Waals surface area contributed by atoms with Crippen LogP contribution in [-0.2, 0) is 21.8 Å². The topological polar surface area (TPSA) is 91.0 Å². The van der Waals surface area contributed by atoms with Gasteiger partial charge in [0, 0.05) is 18.6 Å². The molecule has 1 N–H and O–H groups in total. The summed E-state index contributed by atoms with van der Waals surface area (Å²) in [6.07, 6.45) is 0. The Morgan fingerprint density at radius 2 is 1.86 bits per heavy atom. The zero-order valence-electron chi connectivity index (χ0n) is 15.4. The number of nitrogens with one attached hydrogen (secondary N) is 1. The Labute approximate surface area is 166 Å². The van der Waals surface area contributed by atoms with E-state index < -0.39 is 0 Å². The SMILES string of the molecule is COCCn1nnn(-c2ccc(NC(=O)CSCc3ccccc3)cc2)c1=O. The van der Waals surface area contributed by atoms with Gasteiger partial charge in [-0.2, -0.15) is 9.36 Å². The first kappa shape index (κ1) is 19.8. The highest BCUT2D eigenvalue weighted by Crippen LogP contribution is 2.14. The molecule has 8 nitrogen and oxygen atoms in total. The fourth-order valence-corrected chi connectivity index (χ4v) is 3.26. The molecule has 146 valence electrons. The van der Waals surface area contributed by atoms with Gasteiger partial charge in [0.25, 0.3) is 0 Å². The lowest BCUT2D eigenvalue weighted by Gasteiger charge is -2.06. The summed E-state index contributed by atoms with van der Waals surface area (Å²) >= 11 is 1.56. The van der Waals surface area contributed by atoms with Gasteiger partial charge in [0.2, 0.25) is 5.91 Å². The molecule has 0 saturated heterocycles. The van der Waals surface area contributed by atoms with Gasteiger partial charge >= 0.3 is 5.69 Å². The number of rotatable bonds is 9. The molecule has 0 aliphatic heterocycles. The van der Waals surface area contributed by atoms with E-state index in [0.29, 0.717) is 30.3 Å². The van der Waals surface area contributed by atoms with Crippen molar-refractivity contribution in [1.29, 1.82) is 0 Å². The fraction of sp³-hybridized carbons (Fsp3) is 0.263. The van der Waals surface area contributed by atoms with Gasteiger partial charge in [-0.25, -0.2) is 4.79 Å². The first-order chi connectivity index (χ1) is 13.7. The molecule has 1 heterocycles. The molecule has 0 bridgehead atoms. The number of ether oxygens (including phenoxy) is 1. The number of carbonyl (C=O) groups is 1. The Balaban J connectivity index is 1.53. The molecule has 9 heteroatoms. The van der Waals surface area contributed by atoms with E-state index in [9.17, 15) is 9.59 Å². The van der Waals surface area contributed by atoms with E-state index in [1.54, 1.807) is 43.1 Å². The molecular formula is C19H21N5O3S. The third-order valence-corrected chi connectivity index (χ3v) is 4.89. The number of carbonyl (C=O) groups excluding carboxylic acids is 1. The van der Waals surface area contributed by atoms with Crippen molar-refractivity contribution >= 4 is 23.4 Å². The Hall–Kier alpha value is -2.91. The molecule has 2 aromatic carbocycles. The van der Waals surface area contributed by atoms with Crippen molar-refractivity contribution in [2.75, 3.05) is 24.8 Å². The van der Waals surface area contributed by atoms with Gasteiger partial charge in [-0.1, -0.05) is 30.3 Å². The van der Waals surface area contributed by atoms with Crippen molar-refractivity contribution in [3.05, 3.63) is 70.6 Å². The van der Waals surface area contributed by atoms with Gasteiger partial charge in [0.05, 0.1) is 24.6 Å². The number of hydrogen-bond donors (Lipinski definition) is 1. The number of nitrogens with zero attached hydrogens (tertiary/aromatic N) is 4. The van der Waals surface area contributed by atoms with Crippen LogP contribution in [0.3, 0.4) is 0 Å². The summed E-state index contributed by atoms with van der Waals surface area (Å²) in [7, 11) is 1.56. The van der Waals surface area contributed by atoms with E-state index >= 15 is 0 Å². The lowest BCUT2D eigenvalue weighted by Crippen LogP contribution is -2.25. The van der Waals surface area contributed by atoms with Crippen LogP contribution >= 0.6 is 11.8 Å². The summed E-state index contributed by atoms with van der Waals surface area (Å²) in [4.78, 5) is 24.3. The van der Waals surface area contributed by atoms with Gasteiger partial charge in [-0.05, 0) is 40.3 Å². The summed E-state index contributed by atoms with van der Waals surface area (Å²) in [5.41, 5.74) is 2.08. The highest BCUT2D eigenvalue weighted by atomic mass is 32.2. The van der Waals surface area contributed by atoms with Gasteiger partial charge in [-0.3, -0.25) is 4.79 Å². The van der Waals surface area contributed by atoms with Gasteiger partial charge < -0.3 is 10.1 Å². The van der Waals surface area contributed by atoms with Crippen molar-refractivity contribution in [1.82, 2.24) is 19.8 Å². The van der Waals surface area contributed by atoms with Crippen molar-refractivity contribution in [3.63, 3.8) is 0 Å². The van der Waals surface area contributed by atoms with Crippen LogP contribution in [0.5, 0.6) is 0 Å². The second kappa shape index (κ2) is 9.86. The van der Waals surface area contributed by atoms with Crippen molar-refractivity contribution in [2.24, 2.45) is 0 Å². The smallest absolute Gasteiger partial charge is 0.368 e. The molecule has 1 amide bonds. The average molecular weight is 399 g/mol. The Bertz CT molecular complexity index is 954. The van der Waals surface area contributed by atoms with E-state index in [-0.39, 0.29) is 11.6 Å². The maximum Gasteiger partial charge on any atom is 0.368 e. The predicted octanol–water partition coefficient (Wildman–Crippen LogP) is 1.95. The summed E-state index contributed by atoms with van der Waals surface area (Å²) in [6, 6.07) is 16.9. The van der Waals surface area contributed by atoms with Crippen LogP contribution in [0.4, 0.5) is 5.69 Å². The van der Waals surface area contributed by atoms with Crippen LogP contribution < -0.4 is 11.0 Å². The number of thioether (sulfide) groups is 1. The number of hydrogen-bond acceptors (Lipinski definition) is 6.